The Balaban J connectivity index is 4.06. The van der Waals surface area contributed by atoms with Gasteiger partial charge in [-0.15, -0.1) is 0 Å². The van der Waals surface area contributed by atoms with E-state index in [2.05, 4.69) is 24.1 Å². The number of imide groups is 1. The first kappa shape index (κ1) is 15.9. The first-order chi connectivity index (χ1) is 7.81. The lowest BCUT2D eigenvalue weighted by molar-refractivity contribution is -0.119. The summed E-state index contributed by atoms with van der Waals surface area (Å²) in [6.07, 6.45) is 0.974. The third kappa shape index (κ3) is 9.77. The van der Waals surface area contributed by atoms with E-state index in [1.54, 1.807) is 0 Å². The lowest BCUT2D eigenvalue weighted by Crippen LogP contribution is -2.46. The van der Waals surface area contributed by atoms with Gasteiger partial charge in [0.15, 0.2) is 0 Å². The maximum Gasteiger partial charge on any atom is 0.318 e. The van der Waals surface area contributed by atoms with Crippen molar-refractivity contribution in [1.29, 1.82) is 0 Å². The lowest BCUT2D eigenvalue weighted by Gasteiger charge is -2.23. The minimum atomic E-state index is -0.815. The molecule has 0 aromatic heterocycles. The van der Waals surface area contributed by atoms with Crippen molar-refractivity contribution in [2.75, 3.05) is 27.2 Å². The van der Waals surface area contributed by atoms with Crippen LogP contribution in [-0.4, -0.2) is 50.1 Å². The minimum absolute atomic E-state index is 0.105. The largest absolute Gasteiger partial charge is 0.351 e. The van der Waals surface area contributed by atoms with Gasteiger partial charge in [-0.2, -0.15) is 0 Å². The van der Waals surface area contributed by atoms with Gasteiger partial charge in [-0.1, -0.05) is 13.8 Å². The van der Waals surface area contributed by atoms with Gasteiger partial charge in [0.05, 0.1) is 6.54 Å². The Morgan fingerprint density at radius 1 is 1.29 bits per heavy atom. The Bertz CT molecular complexity index is 244. The number of likely N-dealkylation sites (N-methyl/N-ethyl adjacent to an activating group) is 1. The van der Waals surface area contributed by atoms with Crippen molar-refractivity contribution < 1.29 is 9.59 Å². The highest BCUT2D eigenvalue weighted by Gasteiger charge is 2.13. The first-order valence-electron chi connectivity index (χ1n) is 5.78. The normalized spacial score (nSPS) is 12.8. The molecule has 17 heavy (non-hydrogen) atoms. The highest BCUT2D eigenvalue weighted by Crippen LogP contribution is 2.05. The summed E-state index contributed by atoms with van der Waals surface area (Å²) in [5.41, 5.74) is 4.85. The molecule has 0 saturated carbocycles. The van der Waals surface area contributed by atoms with E-state index in [1.807, 2.05) is 19.4 Å². The number of nitrogens with zero attached hydrogens (tertiary/aromatic N) is 1. The van der Waals surface area contributed by atoms with Crippen LogP contribution in [0.2, 0.25) is 0 Å². The van der Waals surface area contributed by atoms with E-state index in [-0.39, 0.29) is 12.6 Å². The van der Waals surface area contributed by atoms with E-state index in [0.29, 0.717) is 5.92 Å². The van der Waals surface area contributed by atoms with E-state index < -0.39 is 11.9 Å². The number of amides is 3. The van der Waals surface area contributed by atoms with E-state index >= 15 is 0 Å². The van der Waals surface area contributed by atoms with Crippen molar-refractivity contribution in [1.82, 2.24) is 15.5 Å². The number of urea groups is 1. The number of carbonyl (C=O) groups excluding carboxylic acids is 2. The standard InChI is InChI=1S/C11H24N4O2/c1-8(2)5-9(7-15(3)4)13-6-10(16)14-11(12)17/h8-9,13H,5-7H2,1-4H3,(H3,12,14,16,17). The zero-order valence-electron chi connectivity index (χ0n) is 11.1. The minimum Gasteiger partial charge on any atom is -0.351 e. The predicted octanol–water partition coefficient (Wildman–Crippen LogP) is -0.253. The number of nitrogens with two attached hydrogens (primary N) is 1. The third-order valence-corrected chi connectivity index (χ3v) is 2.16. The van der Waals surface area contributed by atoms with Gasteiger partial charge in [0.1, 0.15) is 0 Å². The Kier molecular flexibility index (Phi) is 7.49. The smallest absolute Gasteiger partial charge is 0.318 e. The SMILES string of the molecule is CC(C)CC(CN(C)C)NCC(=O)NC(N)=O. The number of rotatable bonds is 7. The van der Waals surface area contributed by atoms with Gasteiger partial charge in [-0.05, 0) is 26.4 Å². The Hall–Kier alpha value is -1.14. The van der Waals surface area contributed by atoms with Crippen LogP contribution < -0.4 is 16.4 Å². The molecule has 100 valence electrons. The number of carbonyl (C=O) groups is 2. The van der Waals surface area contributed by atoms with Crippen LogP contribution >= 0.6 is 0 Å². The molecule has 0 saturated heterocycles. The molecule has 0 heterocycles. The zero-order valence-corrected chi connectivity index (χ0v) is 11.1. The molecule has 0 aromatic rings. The number of hydrogen-bond acceptors (Lipinski definition) is 4. The molecule has 0 aliphatic rings. The molecule has 3 amide bonds. The van der Waals surface area contributed by atoms with Crippen LogP contribution in [0.25, 0.3) is 0 Å². The van der Waals surface area contributed by atoms with Crippen LogP contribution in [0.1, 0.15) is 20.3 Å². The monoisotopic (exact) mass is 244 g/mol. The van der Waals surface area contributed by atoms with Gasteiger partial charge in [0.2, 0.25) is 5.91 Å². The molecular weight excluding hydrogens is 220 g/mol. The van der Waals surface area contributed by atoms with Crippen molar-refractivity contribution >= 4 is 11.9 Å². The van der Waals surface area contributed by atoms with Crippen LogP contribution in [0.5, 0.6) is 0 Å². The van der Waals surface area contributed by atoms with Crippen LogP contribution in [0.15, 0.2) is 0 Å². The second-order valence-electron chi connectivity index (χ2n) is 4.88. The molecule has 0 spiro atoms. The average molecular weight is 244 g/mol. The fourth-order valence-corrected chi connectivity index (χ4v) is 1.65. The summed E-state index contributed by atoms with van der Waals surface area (Å²) in [6, 6.07) is -0.589. The molecule has 0 radical (unpaired) electrons. The Morgan fingerprint density at radius 2 is 1.88 bits per heavy atom. The van der Waals surface area contributed by atoms with Gasteiger partial charge in [-0.3, -0.25) is 10.1 Å². The number of nitrogens with one attached hydrogen (secondary N) is 2. The molecule has 6 heteroatoms. The van der Waals surface area contributed by atoms with Crippen LogP contribution in [0, 0.1) is 5.92 Å². The Morgan fingerprint density at radius 3 is 2.29 bits per heavy atom. The third-order valence-electron chi connectivity index (χ3n) is 2.16. The summed E-state index contributed by atoms with van der Waals surface area (Å²) in [4.78, 5) is 23.8. The van der Waals surface area contributed by atoms with E-state index in [9.17, 15) is 9.59 Å². The molecule has 6 nitrogen and oxygen atoms in total. The first-order valence-corrected chi connectivity index (χ1v) is 5.78. The van der Waals surface area contributed by atoms with Gasteiger partial charge in [0, 0.05) is 12.6 Å². The topological polar surface area (TPSA) is 87.5 Å². The van der Waals surface area contributed by atoms with Crippen molar-refractivity contribution in [3.8, 4) is 0 Å². The van der Waals surface area contributed by atoms with Gasteiger partial charge >= 0.3 is 6.03 Å². The van der Waals surface area contributed by atoms with Gasteiger partial charge in [-0.25, -0.2) is 4.79 Å². The molecule has 0 aromatic carbocycles. The van der Waals surface area contributed by atoms with Crippen LogP contribution in [-0.2, 0) is 4.79 Å². The van der Waals surface area contributed by atoms with Crippen molar-refractivity contribution in [2.24, 2.45) is 11.7 Å². The molecule has 1 atom stereocenters. The van der Waals surface area contributed by atoms with Gasteiger partial charge < -0.3 is 16.0 Å². The lowest BCUT2D eigenvalue weighted by atomic mass is 10.0. The second kappa shape index (κ2) is 8.03. The fourth-order valence-electron chi connectivity index (χ4n) is 1.65. The molecule has 4 N–H and O–H groups in total. The fraction of sp³-hybridized carbons (Fsp3) is 0.818. The molecular formula is C11H24N4O2. The summed E-state index contributed by atoms with van der Waals surface area (Å²) >= 11 is 0. The van der Waals surface area contributed by atoms with Crippen LogP contribution in [0.4, 0.5) is 4.79 Å². The second-order valence-corrected chi connectivity index (χ2v) is 4.88. The summed E-state index contributed by atoms with van der Waals surface area (Å²) in [7, 11) is 3.97. The summed E-state index contributed by atoms with van der Waals surface area (Å²) in [6.45, 7) is 5.22. The summed E-state index contributed by atoms with van der Waals surface area (Å²) in [5.74, 6) is 0.150. The summed E-state index contributed by atoms with van der Waals surface area (Å²) in [5, 5.41) is 5.15. The quantitative estimate of drug-likeness (QED) is 0.576. The molecule has 0 bridgehead atoms. The Labute approximate surface area is 103 Å². The van der Waals surface area contributed by atoms with Crippen molar-refractivity contribution in [3.05, 3.63) is 0 Å². The zero-order chi connectivity index (χ0) is 13.4. The molecule has 0 aliphatic carbocycles. The molecule has 0 fully saturated rings. The molecule has 0 aliphatic heterocycles. The van der Waals surface area contributed by atoms with E-state index in [4.69, 9.17) is 5.73 Å². The molecule has 1 unspecified atom stereocenters. The van der Waals surface area contributed by atoms with E-state index in [1.165, 1.54) is 0 Å². The number of primary amides is 1. The average Bonchev–Trinajstić information content (AvgIpc) is 2.11. The highest BCUT2D eigenvalue weighted by atomic mass is 16.2. The van der Waals surface area contributed by atoms with Crippen LogP contribution in [0.3, 0.4) is 0 Å². The molecule has 0 rings (SSSR count). The maximum absolute atomic E-state index is 11.2. The maximum atomic E-state index is 11.2. The van der Waals surface area contributed by atoms with Crippen molar-refractivity contribution in [2.45, 2.75) is 26.3 Å². The summed E-state index contributed by atoms with van der Waals surface area (Å²) < 4.78 is 0. The number of hydrogen-bond donors (Lipinski definition) is 3. The highest BCUT2D eigenvalue weighted by molar-refractivity contribution is 5.94. The predicted molar refractivity (Wildman–Crippen MR) is 67.5 cm³/mol. The van der Waals surface area contributed by atoms with E-state index in [0.717, 1.165) is 13.0 Å². The van der Waals surface area contributed by atoms with Crippen molar-refractivity contribution in [3.63, 3.8) is 0 Å². The van der Waals surface area contributed by atoms with Gasteiger partial charge in [0.25, 0.3) is 0 Å².